The number of aliphatic hydroxyl groups is 1. The molecule has 0 spiro atoms. The zero-order valence-electron chi connectivity index (χ0n) is 9.88. The quantitative estimate of drug-likeness (QED) is 0.752. The summed E-state index contributed by atoms with van der Waals surface area (Å²) in [6.45, 7) is 0. The molecule has 0 aliphatic carbocycles. The van der Waals surface area contributed by atoms with Crippen LogP contribution in [0, 0.1) is 5.82 Å². The molecule has 1 N–H and O–H groups in total. The Morgan fingerprint density at radius 2 is 1.84 bits per heavy atom. The Kier molecular flexibility index (Phi) is 2.69. The number of sulfone groups is 1. The van der Waals surface area contributed by atoms with Crippen LogP contribution in [0.2, 0.25) is 0 Å². The summed E-state index contributed by atoms with van der Waals surface area (Å²) in [7, 11) is -3.57. The van der Waals surface area contributed by atoms with E-state index in [1.165, 1.54) is 6.07 Å². The van der Waals surface area contributed by atoms with Gasteiger partial charge in [-0.2, -0.15) is 0 Å². The summed E-state index contributed by atoms with van der Waals surface area (Å²) in [6, 6.07) is 10.2. The van der Waals surface area contributed by atoms with Gasteiger partial charge in [-0.05, 0) is 29.3 Å². The molecule has 0 saturated heterocycles. The first kappa shape index (κ1) is 12.3. The molecule has 3 nitrogen and oxygen atoms in total. The van der Waals surface area contributed by atoms with E-state index in [1.807, 2.05) is 0 Å². The SMILES string of the molecule is O=S1(=O)Cc2ccccc2C(O)c2cc(F)ccc21. The summed E-state index contributed by atoms with van der Waals surface area (Å²) >= 11 is 0. The first-order valence-corrected chi connectivity index (χ1v) is 7.42. The molecular weight excluding hydrogens is 267 g/mol. The monoisotopic (exact) mass is 278 g/mol. The second-order valence-electron chi connectivity index (χ2n) is 4.54. The third-order valence-electron chi connectivity index (χ3n) is 3.30. The van der Waals surface area contributed by atoms with Gasteiger partial charge >= 0.3 is 0 Å². The van der Waals surface area contributed by atoms with Crippen molar-refractivity contribution < 1.29 is 17.9 Å². The van der Waals surface area contributed by atoms with Gasteiger partial charge < -0.3 is 5.11 Å². The number of hydrogen-bond acceptors (Lipinski definition) is 3. The van der Waals surface area contributed by atoms with Crippen LogP contribution in [0.25, 0.3) is 0 Å². The summed E-state index contributed by atoms with van der Waals surface area (Å²) in [6.07, 6.45) is -1.13. The molecule has 0 bridgehead atoms. The fourth-order valence-corrected chi connectivity index (χ4v) is 4.03. The Balaban J connectivity index is 2.36. The van der Waals surface area contributed by atoms with Gasteiger partial charge in [0.25, 0.3) is 0 Å². The maximum Gasteiger partial charge on any atom is 0.182 e. The molecule has 0 amide bonds. The average molecular weight is 278 g/mol. The molecule has 0 saturated carbocycles. The fraction of sp³-hybridized carbons (Fsp3) is 0.143. The first-order valence-electron chi connectivity index (χ1n) is 5.77. The minimum atomic E-state index is -3.57. The lowest BCUT2D eigenvalue weighted by Gasteiger charge is -2.13. The van der Waals surface area contributed by atoms with Crippen LogP contribution in [-0.4, -0.2) is 13.5 Å². The van der Waals surface area contributed by atoms with Crippen molar-refractivity contribution in [2.24, 2.45) is 0 Å². The average Bonchev–Trinajstić information content (AvgIpc) is 2.44. The second-order valence-corrected chi connectivity index (χ2v) is 6.50. The molecule has 1 atom stereocenters. The highest BCUT2D eigenvalue weighted by atomic mass is 32.2. The summed E-state index contributed by atoms with van der Waals surface area (Å²) in [4.78, 5) is -0.00222. The Morgan fingerprint density at radius 1 is 1.11 bits per heavy atom. The summed E-state index contributed by atoms with van der Waals surface area (Å²) < 4.78 is 37.9. The Hall–Kier alpha value is -1.72. The fourth-order valence-electron chi connectivity index (χ4n) is 2.40. The Bertz CT molecular complexity index is 753. The van der Waals surface area contributed by atoms with Crippen molar-refractivity contribution >= 4 is 9.84 Å². The van der Waals surface area contributed by atoms with E-state index in [4.69, 9.17) is 0 Å². The van der Waals surface area contributed by atoms with Crippen LogP contribution in [0.15, 0.2) is 47.4 Å². The van der Waals surface area contributed by atoms with E-state index in [1.54, 1.807) is 24.3 Å². The topological polar surface area (TPSA) is 54.4 Å². The molecule has 1 aliphatic heterocycles. The maximum absolute atomic E-state index is 13.3. The predicted molar refractivity (Wildman–Crippen MR) is 67.8 cm³/mol. The van der Waals surface area contributed by atoms with Gasteiger partial charge in [0.1, 0.15) is 11.9 Å². The molecule has 0 radical (unpaired) electrons. The van der Waals surface area contributed by atoms with Crippen molar-refractivity contribution in [3.63, 3.8) is 0 Å². The molecule has 1 aliphatic rings. The molecule has 0 fully saturated rings. The third-order valence-corrected chi connectivity index (χ3v) is 5.03. The van der Waals surface area contributed by atoms with E-state index < -0.39 is 21.8 Å². The number of benzene rings is 2. The van der Waals surface area contributed by atoms with Crippen LogP contribution < -0.4 is 0 Å². The molecule has 2 aromatic carbocycles. The number of aliphatic hydroxyl groups excluding tert-OH is 1. The van der Waals surface area contributed by atoms with Crippen LogP contribution in [-0.2, 0) is 15.6 Å². The predicted octanol–water partition coefficient (Wildman–Crippen LogP) is 2.19. The van der Waals surface area contributed by atoms with Gasteiger partial charge in [0.2, 0.25) is 0 Å². The van der Waals surface area contributed by atoms with Gasteiger partial charge in [-0.25, -0.2) is 12.8 Å². The van der Waals surface area contributed by atoms with E-state index in [2.05, 4.69) is 0 Å². The largest absolute Gasteiger partial charge is 0.384 e. The van der Waals surface area contributed by atoms with Gasteiger partial charge in [-0.3, -0.25) is 0 Å². The van der Waals surface area contributed by atoms with Crippen molar-refractivity contribution in [3.8, 4) is 0 Å². The van der Waals surface area contributed by atoms with Gasteiger partial charge in [-0.1, -0.05) is 24.3 Å². The highest BCUT2D eigenvalue weighted by Gasteiger charge is 2.30. The van der Waals surface area contributed by atoms with E-state index in [9.17, 15) is 17.9 Å². The van der Waals surface area contributed by atoms with Crippen molar-refractivity contribution in [1.82, 2.24) is 0 Å². The van der Waals surface area contributed by atoms with E-state index >= 15 is 0 Å². The highest BCUT2D eigenvalue weighted by Crippen LogP contribution is 2.36. The summed E-state index contributed by atoms with van der Waals surface area (Å²) in [5, 5.41) is 10.3. The van der Waals surface area contributed by atoms with Crippen LogP contribution >= 0.6 is 0 Å². The molecule has 98 valence electrons. The van der Waals surface area contributed by atoms with Crippen molar-refractivity contribution in [2.75, 3.05) is 0 Å². The lowest BCUT2D eigenvalue weighted by atomic mass is 9.98. The normalized spacial score (nSPS) is 20.2. The molecule has 1 unspecified atom stereocenters. The Morgan fingerprint density at radius 3 is 2.63 bits per heavy atom. The van der Waals surface area contributed by atoms with Gasteiger partial charge in [-0.15, -0.1) is 0 Å². The molecule has 2 aromatic rings. The van der Waals surface area contributed by atoms with Gasteiger partial charge in [0.05, 0.1) is 10.6 Å². The van der Waals surface area contributed by atoms with Crippen LogP contribution in [0.4, 0.5) is 4.39 Å². The Labute approximate surface area is 110 Å². The lowest BCUT2D eigenvalue weighted by molar-refractivity contribution is 0.216. The zero-order chi connectivity index (χ0) is 13.6. The molecule has 19 heavy (non-hydrogen) atoms. The molecule has 1 heterocycles. The van der Waals surface area contributed by atoms with Crippen molar-refractivity contribution in [2.45, 2.75) is 16.8 Å². The minimum absolute atomic E-state index is 0.00222. The maximum atomic E-state index is 13.3. The summed E-state index contributed by atoms with van der Waals surface area (Å²) in [5.41, 5.74) is 1.16. The third kappa shape index (κ3) is 1.95. The van der Waals surface area contributed by atoms with E-state index in [0.717, 1.165) is 12.1 Å². The van der Waals surface area contributed by atoms with Crippen molar-refractivity contribution in [1.29, 1.82) is 0 Å². The number of rotatable bonds is 0. The number of halogens is 1. The standard InChI is InChI=1S/C14H11FO3S/c15-10-5-6-13-12(7-10)14(16)11-4-2-1-3-9(11)8-19(13,17)18/h1-7,14,16H,8H2. The minimum Gasteiger partial charge on any atom is -0.384 e. The van der Waals surface area contributed by atoms with Crippen LogP contribution in [0.1, 0.15) is 22.8 Å². The smallest absolute Gasteiger partial charge is 0.182 e. The second kappa shape index (κ2) is 4.15. The van der Waals surface area contributed by atoms with Crippen LogP contribution in [0.3, 0.4) is 0 Å². The number of hydrogen-bond donors (Lipinski definition) is 1. The lowest BCUT2D eigenvalue weighted by Crippen LogP contribution is -2.06. The molecule has 5 heteroatoms. The van der Waals surface area contributed by atoms with Gasteiger partial charge in [0, 0.05) is 5.56 Å². The summed E-state index contributed by atoms with van der Waals surface area (Å²) in [5.74, 6) is -0.744. The van der Waals surface area contributed by atoms with Crippen LogP contribution in [0.5, 0.6) is 0 Å². The van der Waals surface area contributed by atoms with E-state index in [0.29, 0.717) is 11.1 Å². The van der Waals surface area contributed by atoms with E-state index in [-0.39, 0.29) is 16.2 Å². The number of fused-ring (bicyclic) bond motifs is 2. The molecular formula is C14H11FO3S. The molecule has 0 aromatic heterocycles. The highest BCUT2D eigenvalue weighted by molar-refractivity contribution is 7.90. The molecule has 3 rings (SSSR count). The zero-order valence-corrected chi connectivity index (χ0v) is 10.7. The van der Waals surface area contributed by atoms with Crippen molar-refractivity contribution in [3.05, 3.63) is 65.0 Å². The van der Waals surface area contributed by atoms with Gasteiger partial charge in [0.15, 0.2) is 9.84 Å². The first-order chi connectivity index (χ1) is 8.99.